The van der Waals surface area contributed by atoms with Crippen LogP contribution in [-0.4, -0.2) is 40.4 Å². The number of piperidine rings is 1. The topological polar surface area (TPSA) is 49.3 Å². The smallest absolute Gasteiger partial charge is 0.226 e. The third-order valence-corrected chi connectivity index (χ3v) is 6.02. The summed E-state index contributed by atoms with van der Waals surface area (Å²) in [5, 5.41) is 0. The predicted molar refractivity (Wildman–Crippen MR) is 106 cm³/mol. The molecule has 4 rings (SSSR count). The Morgan fingerprint density at radius 1 is 0.963 bits per heavy atom. The van der Waals surface area contributed by atoms with E-state index in [9.17, 15) is 4.79 Å². The quantitative estimate of drug-likeness (QED) is 0.833. The van der Waals surface area contributed by atoms with E-state index < -0.39 is 0 Å². The molecule has 0 N–H and O–H groups in total. The highest BCUT2D eigenvalue weighted by Gasteiger charge is 2.35. The summed E-state index contributed by atoms with van der Waals surface area (Å²) in [6.07, 6.45) is 10.7. The van der Waals surface area contributed by atoms with Gasteiger partial charge < -0.3 is 9.80 Å². The molecule has 1 amide bonds. The summed E-state index contributed by atoms with van der Waals surface area (Å²) in [4.78, 5) is 26.3. The minimum Gasteiger partial charge on any atom is -0.355 e. The number of nitrogens with zero attached hydrogens (tertiary/aromatic N) is 4. The van der Waals surface area contributed by atoms with Gasteiger partial charge in [-0.05, 0) is 37.2 Å². The Balaban J connectivity index is 1.40. The molecule has 2 fully saturated rings. The summed E-state index contributed by atoms with van der Waals surface area (Å²) in [5.41, 5.74) is 1.23. The fourth-order valence-corrected chi connectivity index (χ4v) is 4.52. The maximum absolute atomic E-state index is 13.3. The summed E-state index contributed by atoms with van der Waals surface area (Å²) in [7, 11) is 0. The lowest BCUT2D eigenvalue weighted by Gasteiger charge is -2.37. The molecule has 3 heterocycles. The molecule has 5 nitrogen and oxygen atoms in total. The van der Waals surface area contributed by atoms with E-state index in [1.807, 2.05) is 12.3 Å². The Morgan fingerprint density at radius 2 is 1.78 bits per heavy atom. The Morgan fingerprint density at radius 3 is 2.52 bits per heavy atom. The highest BCUT2D eigenvalue weighted by Crippen LogP contribution is 2.33. The van der Waals surface area contributed by atoms with Crippen molar-refractivity contribution in [2.45, 2.75) is 38.6 Å². The molecule has 0 saturated carbocycles. The second-order valence-corrected chi connectivity index (χ2v) is 7.74. The fourth-order valence-electron chi connectivity index (χ4n) is 4.52. The van der Waals surface area contributed by atoms with Crippen molar-refractivity contribution in [1.82, 2.24) is 14.9 Å². The maximum atomic E-state index is 13.3. The molecule has 27 heavy (non-hydrogen) atoms. The van der Waals surface area contributed by atoms with Crippen LogP contribution in [0.5, 0.6) is 0 Å². The number of likely N-dealkylation sites (tertiary alicyclic amines) is 1. The van der Waals surface area contributed by atoms with Gasteiger partial charge in [0, 0.05) is 44.5 Å². The van der Waals surface area contributed by atoms with Gasteiger partial charge in [-0.15, -0.1) is 0 Å². The zero-order valence-corrected chi connectivity index (χ0v) is 15.8. The van der Waals surface area contributed by atoms with Crippen molar-refractivity contribution in [2.24, 2.45) is 11.8 Å². The number of aromatic nitrogens is 2. The Bertz CT molecular complexity index is 728. The van der Waals surface area contributed by atoms with Crippen LogP contribution in [0.25, 0.3) is 0 Å². The summed E-state index contributed by atoms with van der Waals surface area (Å²) >= 11 is 0. The van der Waals surface area contributed by atoms with Crippen LogP contribution in [0.2, 0.25) is 0 Å². The molecular formula is C22H28N4O. The largest absolute Gasteiger partial charge is 0.355 e. The molecular weight excluding hydrogens is 336 g/mol. The summed E-state index contributed by atoms with van der Waals surface area (Å²) < 4.78 is 0. The monoisotopic (exact) mass is 364 g/mol. The lowest BCUT2D eigenvalue weighted by molar-refractivity contribution is -0.137. The number of benzene rings is 1. The molecule has 2 aromatic rings. The van der Waals surface area contributed by atoms with E-state index in [1.54, 1.807) is 12.4 Å². The average Bonchev–Trinajstić information content (AvgIpc) is 2.91. The first kappa shape index (κ1) is 18.0. The predicted octanol–water partition coefficient (Wildman–Crippen LogP) is 3.52. The van der Waals surface area contributed by atoms with Crippen molar-refractivity contribution >= 4 is 11.7 Å². The van der Waals surface area contributed by atoms with Gasteiger partial charge in [-0.3, -0.25) is 9.78 Å². The van der Waals surface area contributed by atoms with E-state index in [0.29, 0.717) is 11.8 Å². The van der Waals surface area contributed by atoms with E-state index in [-0.39, 0.29) is 5.92 Å². The van der Waals surface area contributed by atoms with E-state index in [0.717, 1.165) is 64.1 Å². The van der Waals surface area contributed by atoms with Crippen molar-refractivity contribution in [3.8, 4) is 0 Å². The van der Waals surface area contributed by atoms with Gasteiger partial charge in [-0.25, -0.2) is 4.98 Å². The molecule has 2 aliphatic heterocycles. The Kier molecular flexibility index (Phi) is 5.66. The van der Waals surface area contributed by atoms with E-state index >= 15 is 0 Å². The number of rotatable bonds is 4. The van der Waals surface area contributed by atoms with Crippen molar-refractivity contribution < 1.29 is 4.79 Å². The maximum Gasteiger partial charge on any atom is 0.226 e. The van der Waals surface area contributed by atoms with Crippen molar-refractivity contribution in [3.05, 3.63) is 54.5 Å². The van der Waals surface area contributed by atoms with Crippen LogP contribution in [-0.2, 0) is 11.3 Å². The third kappa shape index (κ3) is 4.29. The van der Waals surface area contributed by atoms with E-state index in [1.165, 1.54) is 5.56 Å². The standard InChI is InChI=1S/C22H28N4O/c27-22-20(8-4-5-13-26(22)17-18-6-2-1-3-7-18)19-9-14-25(15-10-19)21-16-23-11-12-24-21/h1-3,6-7,11-12,16,19-20H,4-5,8-10,13-15,17H2/t20-/m1/s1. The first-order valence-corrected chi connectivity index (χ1v) is 10.1. The molecule has 1 aromatic heterocycles. The molecule has 2 aliphatic rings. The normalized spacial score (nSPS) is 21.9. The minimum atomic E-state index is 0.181. The highest BCUT2D eigenvalue weighted by molar-refractivity contribution is 5.79. The number of carbonyl (C=O) groups is 1. The summed E-state index contributed by atoms with van der Waals surface area (Å²) in [5.74, 6) is 1.99. The van der Waals surface area contributed by atoms with Crippen LogP contribution >= 0.6 is 0 Å². The highest BCUT2D eigenvalue weighted by atomic mass is 16.2. The molecule has 5 heteroatoms. The summed E-state index contributed by atoms with van der Waals surface area (Å²) in [6.45, 7) is 3.56. The number of hydrogen-bond acceptors (Lipinski definition) is 4. The van der Waals surface area contributed by atoms with Crippen molar-refractivity contribution in [3.63, 3.8) is 0 Å². The zero-order chi connectivity index (χ0) is 18.5. The Hall–Kier alpha value is -2.43. The SMILES string of the molecule is O=C1[C@@H](C2CCN(c3cnccn3)CC2)CCCCN1Cc1ccccc1. The van der Waals surface area contributed by atoms with Gasteiger partial charge in [0.1, 0.15) is 5.82 Å². The second kappa shape index (κ2) is 8.51. The molecule has 0 aliphatic carbocycles. The third-order valence-electron chi connectivity index (χ3n) is 6.02. The summed E-state index contributed by atoms with van der Waals surface area (Å²) in [6, 6.07) is 10.4. The first-order valence-electron chi connectivity index (χ1n) is 10.1. The lowest BCUT2D eigenvalue weighted by Crippen LogP contribution is -2.42. The van der Waals surface area contributed by atoms with Gasteiger partial charge in [-0.2, -0.15) is 0 Å². The molecule has 1 aromatic carbocycles. The zero-order valence-electron chi connectivity index (χ0n) is 15.8. The van der Waals surface area contributed by atoms with Crippen LogP contribution in [0.1, 0.15) is 37.7 Å². The van der Waals surface area contributed by atoms with E-state index in [2.05, 4.69) is 44.0 Å². The van der Waals surface area contributed by atoms with Crippen molar-refractivity contribution in [2.75, 3.05) is 24.5 Å². The minimum absolute atomic E-state index is 0.181. The molecule has 2 saturated heterocycles. The van der Waals surface area contributed by atoms with E-state index in [4.69, 9.17) is 0 Å². The van der Waals surface area contributed by atoms with Gasteiger partial charge in [-0.1, -0.05) is 36.8 Å². The van der Waals surface area contributed by atoms with Crippen LogP contribution < -0.4 is 4.90 Å². The molecule has 0 unspecified atom stereocenters. The fraction of sp³-hybridized carbons (Fsp3) is 0.500. The van der Waals surface area contributed by atoms with Crippen LogP contribution in [0.4, 0.5) is 5.82 Å². The van der Waals surface area contributed by atoms with Crippen LogP contribution in [0.15, 0.2) is 48.9 Å². The van der Waals surface area contributed by atoms with Crippen LogP contribution in [0.3, 0.4) is 0 Å². The number of anilines is 1. The van der Waals surface area contributed by atoms with Gasteiger partial charge in [0.2, 0.25) is 5.91 Å². The molecule has 142 valence electrons. The molecule has 0 radical (unpaired) electrons. The number of hydrogen-bond donors (Lipinski definition) is 0. The molecule has 0 spiro atoms. The van der Waals surface area contributed by atoms with Crippen LogP contribution in [0, 0.1) is 11.8 Å². The van der Waals surface area contributed by atoms with Gasteiger partial charge in [0.15, 0.2) is 0 Å². The first-order chi connectivity index (χ1) is 13.3. The van der Waals surface area contributed by atoms with Gasteiger partial charge in [0.25, 0.3) is 0 Å². The average molecular weight is 364 g/mol. The second-order valence-electron chi connectivity index (χ2n) is 7.74. The van der Waals surface area contributed by atoms with Crippen molar-refractivity contribution in [1.29, 1.82) is 0 Å². The number of amides is 1. The number of carbonyl (C=O) groups excluding carboxylic acids is 1. The Labute approximate surface area is 161 Å². The molecule has 0 bridgehead atoms. The molecule has 1 atom stereocenters. The van der Waals surface area contributed by atoms with Gasteiger partial charge in [0.05, 0.1) is 6.20 Å². The lowest BCUT2D eigenvalue weighted by atomic mass is 9.81. The van der Waals surface area contributed by atoms with Gasteiger partial charge >= 0.3 is 0 Å².